The molecule has 154 valence electrons. The number of aryl methyl sites for hydroxylation is 1. The fourth-order valence-electron chi connectivity index (χ4n) is 2.48. The summed E-state index contributed by atoms with van der Waals surface area (Å²) in [7, 11) is 0. The monoisotopic (exact) mass is 477 g/mol. The van der Waals surface area contributed by atoms with Crippen LogP contribution in [0.25, 0.3) is 0 Å². The molecule has 0 aliphatic rings. The summed E-state index contributed by atoms with van der Waals surface area (Å²) in [6, 6.07) is 0.626. The molecule has 1 amide bonds. The quantitative estimate of drug-likeness (QED) is 0.342. The van der Waals surface area contributed by atoms with E-state index in [-0.39, 0.29) is 5.82 Å². The first-order valence-corrected chi connectivity index (χ1v) is 8.95. The largest absolute Gasteiger partial charge is 0.307 e. The molecular weight excluding hydrogens is 465 g/mol. The van der Waals surface area contributed by atoms with Crippen molar-refractivity contribution in [3.05, 3.63) is 63.3 Å². The number of anilines is 1. The summed E-state index contributed by atoms with van der Waals surface area (Å²) in [5, 5.41) is 10.6. The molecule has 1 N–H and O–H groups in total. The molecule has 0 radical (unpaired) electrons. The molecule has 0 saturated heterocycles. The van der Waals surface area contributed by atoms with Crippen molar-refractivity contribution in [1.29, 1.82) is 0 Å². The number of hydrogen-bond acceptors (Lipinski definition) is 3. The average Bonchev–Trinajstić information content (AvgIpc) is 3.27. The SMILES string of the molecule is Cc1nn(C(C)C(=O)Nc2ccn(Cc3c(F)c(F)c(F)c(F)c3F)n2)cc1Br. The van der Waals surface area contributed by atoms with Crippen LogP contribution in [-0.2, 0) is 11.3 Å². The number of halogens is 6. The maximum absolute atomic E-state index is 13.8. The minimum absolute atomic E-state index is 0.0358. The van der Waals surface area contributed by atoms with E-state index in [0.29, 0.717) is 5.69 Å². The summed E-state index contributed by atoms with van der Waals surface area (Å²) in [5.41, 5.74) is -0.343. The number of carbonyl (C=O) groups excluding carboxylic acids is 1. The van der Waals surface area contributed by atoms with E-state index in [1.165, 1.54) is 16.9 Å². The standard InChI is InChI=1S/C17H13BrF5N5O/c1-7-10(18)6-28(25-7)8(2)17(29)24-11-3-4-27(26-11)5-9-12(19)14(21)16(23)15(22)13(9)20/h3-4,6,8H,5H2,1-2H3,(H,24,26,29). The maximum atomic E-state index is 13.8. The highest BCUT2D eigenvalue weighted by molar-refractivity contribution is 9.10. The van der Waals surface area contributed by atoms with Gasteiger partial charge in [0, 0.05) is 18.5 Å². The lowest BCUT2D eigenvalue weighted by molar-refractivity contribution is -0.119. The molecule has 0 spiro atoms. The number of amides is 1. The Labute approximate surface area is 169 Å². The van der Waals surface area contributed by atoms with Crippen molar-refractivity contribution in [3.63, 3.8) is 0 Å². The zero-order valence-corrected chi connectivity index (χ0v) is 16.6. The van der Waals surface area contributed by atoms with Crippen LogP contribution in [0.15, 0.2) is 22.9 Å². The fourth-order valence-corrected chi connectivity index (χ4v) is 2.77. The Bertz CT molecular complexity index is 1050. The minimum atomic E-state index is -2.23. The number of rotatable bonds is 5. The zero-order chi connectivity index (χ0) is 21.5. The van der Waals surface area contributed by atoms with Gasteiger partial charge >= 0.3 is 0 Å². The molecule has 0 fully saturated rings. The first-order chi connectivity index (χ1) is 13.6. The topological polar surface area (TPSA) is 64.7 Å². The van der Waals surface area contributed by atoms with Gasteiger partial charge in [0.2, 0.25) is 11.7 Å². The van der Waals surface area contributed by atoms with Crippen LogP contribution in [0.3, 0.4) is 0 Å². The Kier molecular flexibility index (Phi) is 5.73. The molecule has 0 bridgehead atoms. The molecule has 1 unspecified atom stereocenters. The number of aromatic nitrogens is 4. The van der Waals surface area contributed by atoms with Crippen molar-refractivity contribution in [1.82, 2.24) is 19.6 Å². The van der Waals surface area contributed by atoms with Crippen molar-refractivity contribution < 1.29 is 26.7 Å². The van der Waals surface area contributed by atoms with Gasteiger partial charge in [-0.3, -0.25) is 14.2 Å². The molecule has 1 aromatic carbocycles. The van der Waals surface area contributed by atoms with Crippen LogP contribution in [0.1, 0.15) is 24.2 Å². The molecule has 0 aliphatic carbocycles. The third kappa shape index (κ3) is 4.02. The molecule has 3 aromatic rings. The van der Waals surface area contributed by atoms with Gasteiger partial charge in [-0.05, 0) is 29.8 Å². The number of nitrogens with zero attached hydrogens (tertiary/aromatic N) is 4. The summed E-state index contributed by atoms with van der Waals surface area (Å²) in [5.74, 6) is -10.6. The summed E-state index contributed by atoms with van der Waals surface area (Å²) in [6.45, 7) is 2.63. The van der Waals surface area contributed by atoms with E-state index in [4.69, 9.17) is 0 Å². The van der Waals surface area contributed by atoms with Crippen molar-refractivity contribution in [3.8, 4) is 0 Å². The van der Waals surface area contributed by atoms with E-state index < -0.39 is 53.1 Å². The van der Waals surface area contributed by atoms with Crippen LogP contribution < -0.4 is 5.32 Å². The van der Waals surface area contributed by atoms with E-state index in [9.17, 15) is 26.7 Å². The molecular formula is C17H13BrF5N5O. The van der Waals surface area contributed by atoms with Gasteiger partial charge in [-0.25, -0.2) is 22.0 Å². The number of carbonyl (C=O) groups is 1. The smallest absolute Gasteiger partial charge is 0.250 e. The highest BCUT2D eigenvalue weighted by Crippen LogP contribution is 2.24. The van der Waals surface area contributed by atoms with Crippen molar-refractivity contribution >= 4 is 27.7 Å². The predicted molar refractivity (Wildman–Crippen MR) is 95.6 cm³/mol. The Hall–Kier alpha value is -2.76. The number of benzene rings is 1. The third-order valence-corrected chi connectivity index (χ3v) is 4.92. The Morgan fingerprint density at radius 2 is 1.69 bits per heavy atom. The van der Waals surface area contributed by atoms with E-state index in [1.54, 1.807) is 20.0 Å². The Morgan fingerprint density at radius 1 is 1.10 bits per heavy atom. The van der Waals surface area contributed by atoms with Crippen LogP contribution in [-0.4, -0.2) is 25.5 Å². The van der Waals surface area contributed by atoms with Crippen LogP contribution in [0.2, 0.25) is 0 Å². The van der Waals surface area contributed by atoms with Crippen molar-refractivity contribution in [2.45, 2.75) is 26.4 Å². The van der Waals surface area contributed by atoms with Gasteiger partial charge in [0.05, 0.1) is 22.3 Å². The Balaban J connectivity index is 1.76. The summed E-state index contributed by atoms with van der Waals surface area (Å²) in [6.07, 6.45) is 2.86. The first kappa shape index (κ1) is 21.0. The molecule has 0 saturated carbocycles. The first-order valence-electron chi connectivity index (χ1n) is 8.16. The predicted octanol–water partition coefficient (Wildman–Crippen LogP) is 4.09. The maximum Gasteiger partial charge on any atom is 0.250 e. The second kappa shape index (κ2) is 7.93. The van der Waals surface area contributed by atoms with Gasteiger partial charge in [-0.2, -0.15) is 10.2 Å². The molecule has 0 aliphatic heterocycles. The average molecular weight is 478 g/mol. The van der Waals surface area contributed by atoms with Gasteiger partial charge in [0.15, 0.2) is 29.1 Å². The van der Waals surface area contributed by atoms with Gasteiger partial charge in [0.1, 0.15) is 6.04 Å². The highest BCUT2D eigenvalue weighted by atomic mass is 79.9. The second-order valence-corrected chi connectivity index (χ2v) is 7.01. The van der Waals surface area contributed by atoms with E-state index in [1.807, 2.05) is 0 Å². The molecule has 2 aromatic heterocycles. The van der Waals surface area contributed by atoms with Crippen molar-refractivity contribution in [2.24, 2.45) is 0 Å². The third-order valence-electron chi connectivity index (χ3n) is 4.15. The van der Waals surface area contributed by atoms with Crippen LogP contribution in [0.4, 0.5) is 27.8 Å². The normalized spacial score (nSPS) is 12.3. The van der Waals surface area contributed by atoms with Gasteiger partial charge in [-0.1, -0.05) is 0 Å². The minimum Gasteiger partial charge on any atom is -0.307 e. The molecule has 6 nitrogen and oxygen atoms in total. The summed E-state index contributed by atoms with van der Waals surface area (Å²) in [4.78, 5) is 12.3. The molecule has 12 heteroatoms. The highest BCUT2D eigenvalue weighted by Gasteiger charge is 2.26. The van der Waals surface area contributed by atoms with Crippen LogP contribution in [0, 0.1) is 36.0 Å². The van der Waals surface area contributed by atoms with Gasteiger partial charge in [-0.15, -0.1) is 0 Å². The van der Waals surface area contributed by atoms with Crippen LogP contribution >= 0.6 is 15.9 Å². The lowest BCUT2D eigenvalue weighted by atomic mass is 10.1. The lowest BCUT2D eigenvalue weighted by Gasteiger charge is -2.11. The van der Waals surface area contributed by atoms with E-state index in [2.05, 4.69) is 31.4 Å². The van der Waals surface area contributed by atoms with Gasteiger partial charge < -0.3 is 5.32 Å². The lowest BCUT2D eigenvalue weighted by Crippen LogP contribution is -2.24. The fraction of sp³-hybridized carbons (Fsp3) is 0.235. The number of hydrogen-bond donors (Lipinski definition) is 1. The summed E-state index contributed by atoms with van der Waals surface area (Å²) < 4.78 is 70.4. The van der Waals surface area contributed by atoms with E-state index in [0.717, 1.165) is 9.15 Å². The molecule has 1 atom stereocenters. The van der Waals surface area contributed by atoms with E-state index >= 15 is 0 Å². The van der Waals surface area contributed by atoms with Crippen molar-refractivity contribution in [2.75, 3.05) is 5.32 Å². The van der Waals surface area contributed by atoms with Crippen LogP contribution in [0.5, 0.6) is 0 Å². The second-order valence-electron chi connectivity index (χ2n) is 6.15. The molecule has 2 heterocycles. The van der Waals surface area contributed by atoms with Gasteiger partial charge in [0.25, 0.3) is 0 Å². The number of nitrogens with one attached hydrogen (secondary N) is 1. The Morgan fingerprint density at radius 3 is 2.24 bits per heavy atom. The molecule has 3 rings (SSSR count). The molecule has 29 heavy (non-hydrogen) atoms. The zero-order valence-electron chi connectivity index (χ0n) is 15.0. The summed E-state index contributed by atoms with van der Waals surface area (Å²) >= 11 is 3.29.